The van der Waals surface area contributed by atoms with E-state index in [9.17, 15) is 33.4 Å². The minimum Gasteiger partial charge on any atom is -0.478 e. The summed E-state index contributed by atoms with van der Waals surface area (Å²) in [5, 5.41) is 29.1. The molecule has 0 saturated heterocycles. The van der Waals surface area contributed by atoms with Crippen LogP contribution in [0.15, 0.2) is 54.7 Å². The van der Waals surface area contributed by atoms with Gasteiger partial charge < -0.3 is 20.8 Å². The zero-order valence-electron chi connectivity index (χ0n) is 19.0. The summed E-state index contributed by atoms with van der Waals surface area (Å²) in [6.45, 7) is -0.104. The summed E-state index contributed by atoms with van der Waals surface area (Å²) >= 11 is 0. The van der Waals surface area contributed by atoms with Crippen molar-refractivity contribution in [1.82, 2.24) is 25.2 Å². The number of hydrogen-bond donors (Lipinski definition) is 4. The van der Waals surface area contributed by atoms with E-state index in [1.54, 1.807) is 6.07 Å². The van der Waals surface area contributed by atoms with Gasteiger partial charge in [0.1, 0.15) is 11.4 Å². The van der Waals surface area contributed by atoms with Crippen LogP contribution in [0.1, 0.15) is 54.1 Å². The Morgan fingerprint density at radius 2 is 1.84 bits per heavy atom. The monoisotopic (exact) mass is 507 g/mol. The molecule has 2 aromatic carbocycles. The highest BCUT2D eigenvalue weighted by atomic mass is 19.2. The van der Waals surface area contributed by atoms with Crippen LogP contribution in [0.25, 0.3) is 5.65 Å². The molecule has 1 aliphatic rings. The largest absolute Gasteiger partial charge is 0.478 e. The number of carboxylic acids is 1. The number of benzene rings is 2. The fraction of sp³-hybridized carbons (Fsp3) is 0.160. The number of hydrogen-bond acceptors (Lipinski definition) is 6. The molecule has 0 saturated carbocycles. The van der Waals surface area contributed by atoms with Crippen LogP contribution in [0, 0.1) is 11.6 Å². The van der Waals surface area contributed by atoms with E-state index in [0.717, 1.165) is 12.1 Å². The van der Waals surface area contributed by atoms with Gasteiger partial charge in [0.05, 0.1) is 23.9 Å². The van der Waals surface area contributed by atoms with Crippen LogP contribution in [0.2, 0.25) is 0 Å². The van der Waals surface area contributed by atoms with E-state index in [0.29, 0.717) is 16.7 Å². The standard InChI is InChI=1S/C25H19F2N5O5/c26-16-4-1-12(7-17(16)27)11-28-23(34)18-10-19(32-21(30-18)5-6-29-32)24(35)31-22-15-3-2-13(25(36)37)8-14(15)9-20(22)33/h1-8,10,20,22,33H,9,11H2,(H,28,34)(H,31,35)(H,36,37)/t20-,22+/m0/s1. The molecule has 2 aromatic heterocycles. The van der Waals surface area contributed by atoms with E-state index < -0.39 is 41.6 Å². The van der Waals surface area contributed by atoms with Gasteiger partial charge in [-0.05, 0) is 41.0 Å². The molecule has 2 amide bonds. The lowest BCUT2D eigenvalue weighted by Crippen LogP contribution is -2.35. The van der Waals surface area contributed by atoms with Crippen molar-refractivity contribution in [3.05, 3.63) is 100 Å². The molecule has 37 heavy (non-hydrogen) atoms. The number of amides is 2. The van der Waals surface area contributed by atoms with Gasteiger partial charge in [-0.15, -0.1) is 0 Å². The molecule has 2 atom stereocenters. The number of aromatic nitrogens is 3. The molecule has 1 aliphatic carbocycles. The van der Waals surface area contributed by atoms with Crippen molar-refractivity contribution >= 4 is 23.4 Å². The molecule has 4 aromatic rings. The second-order valence-corrected chi connectivity index (χ2v) is 8.50. The van der Waals surface area contributed by atoms with Crippen molar-refractivity contribution in [2.75, 3.05) is 0 Å². The second kappa shape index (κ2) is 9.39. The van der Waals surface area contributed by atoms with E-state index in [4.69, 9.17) is 0 Å². The molecule has 0 bridgehead atoms. The SMILES string of the molecule is O=C(O)c1ccc2c(c1)C[C@H](O)[C@@H]2NC(=O)c1cc(C(=O)NCc2ccc(F)c(F)c2)nc2ccnn12. The van der Waals surface area contributed by atoms with Crippen molar-refractivity contribution in [3.63, 3.8) is 0 Å². The Morgan fingerprint density at radius 3 is 2.59 bits per heavy atom. The van der Waals surface area contributed by atoms with Gasteiger partial charge in [-0.3, -0.25) is 9.59 Å². The first-order valence-electron chi connectivity index (χ1n) is 11.1. The fourth-order valence-corrected chi connectivity index (χ4v) is 4.27. The molecule has 0 radical (unpaired) electrons. The molecular formula is C25H19F2N5O5. The van der Waals surface area contributed by atoms with Crippen molar-refractivity contribution in [2.45, 2.75) is 25.1 Å². The Morgan fingerprint density at radius 1 is 1.03 bits per heavy atom. The maximum atomic E-state index is 13.5. The second-order valence-electron chi connectivity index (χ2n) is 8.50. The van der Waals surface area contributed by atoms with E-state index >= 15 is 0 Å². The first-order valence-corrected chi connectivity index (χ1v) is 11.1. The van der Waals surface area contributed by atoms with Gasteiger partial charge in [-0.2, -0.15) is 5.10 Å². The average Bonchev–Trinajstić information content (AvgIpc) is 3.47. The van der Waals surface area contributed by atoms with Crippen LogP contribution >= 0.6 is 0 Å². The third-order valence-electron chi connectivity index (χ3n) is 6.09. The maximum absolute atomic E-state index is 13.5. The van der Waals surface area contributed by atoms with Crippen molar-refractivity contribution < 1.29 is 33.4 Å². The van der Waals surface area contributed by atoms with Gasteiger partial charge in [-0.1, -0.05) is 12.1 Å². The number of nitrogens with zero attached hydrogens (tertiary/aromatic N) is 3. The third kappa shape index (κ3) is 4.61. The van der Waals surface area contributed by atoms with Crippen LogP contribution in [0.5, 0.6) is 0 Å². The Balaban J connectivity index is 1.38. The quantitative estimate of drug-likeness (QED) is 0.312. The molecule has 0 fully saturated rings. The number of fused-ring (bicyclic) bond motifs is 2. The van der Waals surface area contributed by atoms with Gasteiger partial charge in [0.25, 0.3) is 11.8 Å². The number of aromatic carboxylic acids is 1. The van der Waals surface area contributed by atoms with Gasteiger partial charge in [0.15, 0.2) is 17.3 Å². The zero-order chi connectivity index (χ0) is 26.3. The van der Waals surface area contributed by atoms with E-state index in [2.05, 4.69) is 20.7 Å². The number of carbonyl (C=O) groups is 3. The van der Waals surface area contributed by atoms with Gasteiger partial charge >= 0.3 is 5.97 Å². The molecule has 12 heteroatoms. The summed E-state index contributed by atoms with van der Waals surface area (Å²) in [5.74, 6) is -4.45. The van der Waals surface area contributed by atoms with Crippen LogP contribution < -0.4 is 10.6 Å². The summed E-state index contributed by atoms with van der Waals surface area (Å²) < 4.78 is 27.8. The molecule has 0 spiro atoms. The van der Waals surface area contributed by atoms with E-state index in [1.807, 2.05) is 0 Å². The smallest absolute Gasteiger partial charge is 0.335 e. The van der Waals surface area contributed by atoms with Crippen molar-refractivity contribution in [3.8, 4) is 0 Å². The Labute approximate surface area is 207 Å². The molecule has 188 valence electrons. The summed E-state index contributed by atoms with van der Waals surface area (Å²) in [6, 6.07) is 9.56. The van der Waals surface area contributed by atoms with Crippen LogP contribution in [0.3, 0.4) is 0 Å². The molecule has 5 rings (SSSR count). The predicted molar refractivity (Wildman–Crippen MR) is 124 cm³/mol. The van der Waals surface area contributed by atoms with Crippen LogP contribution in [-0.4, -0.2) is 48.7 Å². The Hall–Kier alpha value is -4.71. The number of aliphatic hydroxyl groups is 1. The summed E-state index contributed by atoms with van der Waals surface area (Å²) in [4.78, 5) is 41.5. The first kappa shape index (κ1) is 24.0. The maximum Gasteiger partial charge on any atom is 0.335 e. The average molecular weight is 507 g/mol. The minimum absolute atomic E-state index is 0.0317. The van der Waals surface area contributed by atoms with Crippen LogP contribution in [0.4, 0.5) is 8.78 Å². The lowest BCUT2D eigenvalue weighted by molar-refractivity contribution is 0.0696. The Kier molecular flexibility index (Phi) is 6.09. The molecule has 10 nitrogen and oxygen atoms in total. The summed E-state index contributed by atoms with van der Waals surface area (Å²) in [5.41, 5.74) is 1.66. The minimum atomic E-state index is -1.10. The first-order chi connectivity index (χ1) is 17.7. The molecule has 2 heterocycles. The lowest BCUT2D eigenvalue weighted by atomic mass is 10.0. The van der Waals surface area contributed by atoms with E-state index in [-0.39, 0.29) is 35.6 Å². The number of carboxylic acid groups (broad SMARTS) is 1. The fourth-order valence-electron chi connectivity index (χ4n) is 4.27. The van der Waals surface area contributed by atoms with Crippen LogP contribution in [-0.2, 0) is 13.0 Å². The highest BCUT2D eigenvalue weighted by molar-refractivity contribution is 5.98. The van der Waals surface area contributed by atoms with Gasteiger partial charge in [0, 0.05) is 25.1 Å². The number of carbonyl (C=O) groups excluding carboxylic acids is 2. The third-order valence-corrected chi connectivity index (χ3v) is 6.09. The van der Waals surface area contributed by atoms with Gasteiger partial charge in [0.2, 0.25) is 0 Å². The predicted octanol–water partition coefficient (Wildman–Crippen LogP) is 2.02. The normalized spacial score (nSPS) is 16.4. The molecule has 4 N–H and O–H groups in total. The van der Waals surface area contributed by atoms with Crippen molar-refractivity contribution in [2.24, 2.45) is 0 Å². The molecular weight excluding hydrogens is 488 g/mol. The summed E-state index contributed by atoms with van der Waals surface area (Å²) in [6.07, 6.45) is 0.568. The highest BCUT2D eigenvalue weighted by Crippen LogP contribution is 2.32. The topological polar surface area (TPSA) is 146 Å². The highest BCUT2D eigenvalue weighted by Gasteiger charge is 2.33. The van der Waals surface area contributed by atoms with Gasteiger partial charge in [-0.25, -0.2) is 23.1 Å². The number of halogens is 2. The van der Waals surface area contributed by atoms with E-state index in [1.165, 1.54) is 41.0 Å². The summed E-state index contributed by atoms with van der Waals surface area (Å²) in [7, 11) is 0. The van der Waals surface area contributed by atoms with Crippen molar-refractivity contribution in [1.29, 1.82) is 0 Å². The Bertz CT molecular complexity index is 1570. The zero-order valence-corrected chi connectivity index (χ0v) is 19.0. The number of nitrogens with one attached hydrogen (secondary N) is 2. The molecule has 0 unspecified atom stereocenters. The number of aliphatic hydroxyl groups excluding tert-OH is 1. The lowest BCUT2D eigenvalue weighted by Gasteiger charge is -2.18. The molecule has 0 aliphatic heterocycles. The number of rotatable bonds is 6.